The number of thioether (sulfide) groups is 1. The molecule has 1 amide bonds. The Hall–Kier alpha value is -0.450. The number of carbonyl (C=O) groups is 1. The minimum atomic E-state index is -0.210. The number of nitrogens with one attached hydrogen (secondary N) is 1. The number of halogens is 2. The highest BCUT2D eigenvalue weighted by molar-refractivity contribution is 7.99. The summed E-state index contributed by atoms with van der Waals surface area (Å²) in [6, 6.07) is 3.25. The van der Waals surface area contributed by atoms with E-state index in [1.807, 2.05) is 18.7 Å². The van der Waals surface area contributed by atoms with Gasteiger partial charge in [0.25, 0.3) is 5.91 Å². The van der Waals surface area contributed by atoms with E-state index in [0.29, 0.717) is 5.56 Å². The van der Waals surface area contributed by atoms with Gasteiger partial charge in [0.05, 0.1) is 5.56 Å². The standard InChI is InChI=1S/C12H16Cl2N2OS/c1-3-18-7-6-8(2)15-12(17)9-4-5-10(13)16-11(9)14/h4-5,8H,3,6-7H2,1-2H3,(H,15,17). The van der Waals surface area contributed by atoms with E-state index >= 15 is 0 Å². The molecule has 0 aliphatic heterocycles. The number of carbonyl (C=O) groups excluding carboxylic acids is 1. The summed E-state index contributed by atoms with van der Waals surface area (Å²) < 4.78 is 0. The average Bonchev–Trinajstić information content (AvgIpc) is 2.28. The third kappa shape index (κ3) is 5.04. The van der Waals surface area contributed by atoms with Gasteiger partial charge in [0.1, 0.15) is 10.3 Å². The minimum absolute atomic E-state index is 0.114. The molecule has 0 radical (unpaired) electrons. The first kappa shape index (κ1) is 15.6. The largest absolute Gasteiger partial charge is 0.349 e. The van der Waals surface area contributed by atoms with Gasteiger partial charge in [-0.25, -0.2) is 4.98 Å². The zero-order valence-corrected chi connectivity index (χ0v) is 12.7. The Morgan fingerprint density at radius 2 is 2.22 bits per heavy atom. The lowest BCUT2D eigenvalue weighted by Gasteiger charge is -2.13. The van der Waals surface area contributed by atoms with Crippen LogP contribution in [0.1, 0.15) is 30.6 Å². The molecule has 6 heteroatoms. The lowest BCUT2D eigenvalue weighted by molar-refractivity contribution is 0.0939. The fourth-order valence-corrected chi connectivity index (χ4v) is 2.60. The molecule has 1 N–H and O–H groups in total. The Morgan fingerprint density at radius 3 is 2.83 bits per heavy atom. The van der Waals surface area contributed by atoms with E-state index in [0.717, 1.165) is 17.9 Å². The van der Waals surface area contributed by atoms with Gasteiger partial charge < -0.3 is 5.32 Å². The number of hydrogen-bond acceptors (Lipinski definition) is 3. The second-order valence-corrected chi connectivity index (χ2v) is 5.97. The molecule has 0 spiro atoms. The van der Waals surface area contributed by atoms with Crippen LogP contribution >= 0.6 is 35.0 Å². The van der Waals surface area contributed by atoms with E-state index in [4.69, 9.17) is 23.2 Å². The molecule has 0 bridgehead atoms. The van der Waals surface area contributed by atoms with E-state index in [2.05, 4.69) is 17.2 Å². The van der Waals surface area contributed by atoms with Crippen molar-refractivity contribution < 1.29 is 4.79 Å². The van der Waals surface area contributed by atoms with Gasteiger partial charge in [-0.3, -0.25) is 4.79 Å². The number of nitrogens with zero attached hydrogens (tertiary/aromatic N) is 1. The van der Waals surface area contributed by atoms with Crippen LogP contribution in [0.2, 0.25) is 10.3 Å². The monoisotopic (exact) mass is 306 g/mol. The lowest BCUT2D eigenvalue weighted by Crippen LogP contribution is -2.33. The normalized spacial score (nSPS) is 12.2. The molecule has 1 aromatic heterocycles. The molecular weight excluding hydrogens is 291 g/mol. The second-order valence-electron chi connectivity index (χ2n) is 3.83. The third-order valence-corrected chi connectivity index (χ3v) is 3.77. The topological polar surface area (TPSA) is 42.0 Å². The highest BCUT2D eigenvalue weighted by Gasteiger charge is 2.14. The summed E-state index contributed by atoms with van der Waals surface area (Å²) in [6.45, 7) is 4.10. The Balaban J connectivity index is 2.54. The van der Waals surface area contributed by atoms with E-state index < -0.39 is 0 Å². The van der Waals surface area contributed by atoms with Crippen LogP contribution in [0.3, 0.4) is 0 Å². The summed E-state index contributed by atoms with van der Waals surface area (Å²) in [7, 11) is 0. The van der Waals surface area contributed by atoms with Crippen LogP contribution in [0.15, 0.2) is 12.1 Å². The van der Waals surface area contributed by atoms with Crippen molar-refractivity contribution in [3.8, 4) is 0 Å². The molecule has 1 atom stereocenters. The van der Waals surface area contributed by atoms with E-state index in [9.17, 15) is 4.79 Å². The molecule has 1 unspecified atom stereocenters. The summed E-state index contributed by atoms with van der Waals surface area (Å²) in [5, 5.41) is 3.31. The smallest absolute Gasteiger partial charge is 0.254 e. The number of amides is 1. The van der Waals surface area contributed by atoms with Crippen molar-refractivity contribution in [1.29, 1.82) is 0 Å². The van der Waals surface area contributed by atoms with Crippen LogP contribution < -0.4 is 5.32 Å². The first-order chi connectivity index (χ1) is 8.54. The number of hydrogen-bond donors (Lipinski definition) is 1. The van der Waals surface area contributed by atoms with Gasteiger partial charge in [-0.05, 0) is 37.0 Å². The van der Waals surface area contributed by atoms with Crippen molar-refractivity contribution >= 4 is 40.9 Å². The average molecular weight is 307 g/mol. The van der Waals surface area contributed by atoms with E-state index in [1.165, 1.54) is 0 Å². The summed E-state index contributed by atoms with van der Waals surface area (Å²) in [5.41, 5.74) is 0.357. The maximum Gasteiger partial charge on any atom is 0.254 e. The number of aromatic nitrogens is 1. The molecule has 0 saturated heterocycles. The van der Waals surface area contributed by atoms with Crippen molar-refractivity contribution in [3.63, 3.8) is 0 Å². The molecule has 3 nitrogen and oxygen atoms in total. The number of pyridine rings is 1. The molecule has 100 valence electrons. The van der Waals surface area contributed by atoms with Gasteiger partial charge in [-0.2, -0.15) is 11.8 Å². The number of rotatable bonds is 6. The van der Waals surface area contributed by atoms with Crippen LogP contribution in [0.4, 0.5) is 0 Å². The molecule has 0 aliphatic carbocycles. The summed E-state index contributed by atoms with van der Waals surface area (Å²) in [6.07, 6.45) is 0.933. The van der Waals surface area contributed by atoms with Crippen molar-refractivity contribution in [1.82, 2.24) is 10.3 Å². The maximum absolute atomic E-state index is 11.9. The Bertz CT molecular complexity index is 415. The molecule has 0 aromatic carbocycles. The summed E-state index contributed by atoms with van der Waals surface area (Å²) in [5.74, 6) is 1.91. The second kappa shape index (κ2) is 7.87. The molecular formula is C12H16Cl2N2OS. The SMILES string of the molecule is CCSCCC(C)NC(=O)c1ccc(Cl)nc1Cl. The van der Waals surface area contributed by atoms with Crippen LogP contribution in [-0.4, -0.2) is 28.4 Å². The fraction of sp³-hybridized carbons (Fsp3) is 0.500. The summed E-state index contributed by atoms with van der Waals surface area (Å²) >= 11 is 13.4. The van der Waals surface area contributed by atoms with Crippen molar-refractivity contribution in [2.45, 2.75) is 26.3 Å². The van der Waals surface area contributed by atoms with Crippen molar-refractivity contribution in [2.75, 3.05) is 11.5 Å². The highest BCUT2D eigenvalue weighted by atomic mass is 35.5. The van der Waals surface area contributed by atoms with Gasteiger partial charge in [-0.1, -0.05) is 30.1 Å². The quantitative estimate of drug-likeness (QED) is 0.644. The lowest BCUT2D eigenvalue weighted by atomic mass is 10.2. The summed E-state index contributed by atoms with van der Waals surface area (Å²) in [4.78, 5) is 15.8. The van der Waals surface area contributed by atoms with Crippen molar-refractivity contribution in [2.24, 2.45) is 0 Å². The zero-order chi connectivity index (χ0) is 13.5. The predicted molar refractivity (Wildman–Crippen MR) is 78.8 cm³/mol. The van der Waals surface area contributed by atoms with E-state index in [-0.39, 0.29) is 22.3 Å². The molecule has 0 fully saturated rings. The Labute approximate surface area is 122 Å². The van der Waals surface area contributed by atoms with Crippen LogP contribution in [0.5, 0.6) is 0 Å². The molecule has 1 aromatic rings. The highest BCUT2D eigenvalue weighted by Crippen LogP contribution is 2.16. The zero-order valence-electron chi connectivity index (χ0n) is 10.4. The predicted octanol–water partition coefficient (Wildman–Crippen LogP) is 3.65. The van der Waals surface area contributed by atoms with Gasteiger partial charge >= 0.3 is 0 Å². The molecule has 0 aliphatic rings. The maximum atomic E-state index is 11.9. The van der Waals surface area contributed by atoms with Gasteiger partial charge in [0, 0.05) is 6.04 Å². The van der Waals surface area contributed by atoms with Crippen LogP contribution in [0.25, 0.3) is 0 Å². The first-order valence-corrected chi connectivity index (χ1v) is 7.66. The van der Waals surface area contributed by atoms with Crippen LogP contribution in [0, 0.1) is 0 Å². The van der Waals surface area contributed by atoms with Crippen molar-refractivity contribution in [3.05, 3.63) is 28.0 Å². The van der Waals surface area contributed by atoms with Gasteiger partial charge in [0.2, 0.25) is 0 Å². The van der Waals surface area contributed by atoms with E-state index in [1.54, 1.807) is 12.1 Å². The molecule has 1 heterocycles. The minimum Gasteiger partial charge on any atom is -0.349 e. The van der Waals surface area contributed by atoms with Crippen LogP contribution in [-0.2, 0) is 0 Å². The third-order valence-electron chi connectivity index (χ3n) is 2.34. The first-order valence-electron chi connectivity index (χ1n) is 5.75. The molecule has 0 saturated carbocycles. The Morgan fingerprint density at radius 1 is 1.50 bits per heavy atom. The molecule has 18 heavy (non-hydrogen) atoms. The van der Waals surface area contributed by atoms with Gasteiger partial charge in [-0.15, -0.1) is 0 Å². The fourth-order valence-electron chi connectivity index (χ4n) is 1.36. The Kier molecular flexibility index (Phi) is 6.82. The van der Waals surface area contributed by atoms with Gasteiger partial charge in [0.15, 0.2) is 0 Å². The molecule has 1 rings (SSSR count).